The maximum absolute atomic E-state index is 12.2. The first-order valence-electron chi connectivity index (χ1n) is 12.3. The molecule has 0 saturated carbocycles. The van der Waals surface area contributed by atoms with Crippen molar-refractivity contribution in [2.24, 2.45) is 0 Å². The van der Waals surface area contributed by atoms with E-state index in [1.165, 1.54) is 0 Å². The summed E-state index contributed by atoms with van der Waals surface area (Å²) in [7, 11) is 1.64. The number of carbonyl (C=O) groups excluding carboxylic acids is 1. The number of anilines is 6. The Morgan fingerprint density at radius 3 is 2.73 bits per heavy atom. The van der Waals surface area contributed by atoms with Gasteiger partial charge in [-0.3, -0.25) is 4.79 Å². The summed E-state index contributed by atoms with van der Waals surface area (Å²) in [6.45, 7) is 7.41. The van der Waals surface area contributed by atoms with Gasteiger partial charge in [0.05, 0.1) is 32.2 Å². The van der Waals surface area contributed by atoms with Crippen molar-refractivity contribution in [2.75, 3.05) is 54.3 Å². The van der Waals surface area contributed by atoms with Crippen molar-refractivity contribution in [3.05, 3.63) is 53.2 Å². The Morgan fingerprint density at radius 1 is 1.14 bits per heavy atom. The minimum absolute atomic E-state index is 0.0202. The van der Waals surface area contributed by atoms with Gasteiger partial charge in [0.2, 0.25) is 11.9 Å². The molecule has 10 heteroatoms. The molecule has 0 atom stereocenters. The Bertz CT molecular complexity index is 1310. The highest BCUT2D eigenvalue weighted by Gasteiger charge is 2.28. The van der Waals surface area contributed by atoms with Crippen molar-refractivity contribution in [1.29, 1.82) is 0 Å². The van der Waals surface area contributed by atoms with Gasteiger partial charge in [-0.1, -0.05) is 31.5 Å². The van der Waals surface area contributed by atoms with Crippen LogP contribution in [0, 0.1) is 0 Å². The SMILES string of the molecule is COc1cc(N2CCOCC2)ccc1Nc1nc(Nc2ccc3c(c2)NC(=O)CCC3(C)C)ncc1Cl. The van der Waals surface area contributed by atoms with Crippen LogP contribution in [0.2, 0.25) is 5.02 Å². The average Bonchev–Trinajstić information content (AvgIpc) is 3.01. The number of amides is 1. The zero-order chi connectivity index (χ0) is 26.0. The van der Waals surface area contributed by atoms with Gasteiger partial charge in [-0.25, -0.2) is 4.98 Å². The van der Waals surface area contributed by atoms with Crippen LogP contribution in [0.15, 0.2) is 42.6 Å². The van der Waals surface area contributed by atoms with Crippen LogP contribution in [0.4, 0.5) is 34.5 Å². The zero-order valence-electron chi connectivity index (χ0n) is 21.2. The average molecular weight is 523 g/mol. The van der Waals surface area contributed by atoms with Crippen LogP contribution in [0.25, 0.3) is 0 Å². The highest BCUT2D eigenvalue weighted by Crippen LogP contribution is 2.38. The number of fused-ring (bicyclic) bond motifs is 1. The molecular formula is C27H31ClN6O3. The number of benzene rings is 2. The monoisotopic (exact) mass is 522 g/mol. The Hall–Kier alpha value is -3.56. The van der Waals surface area contributed by atoms with Gasteiger partial charge in [0, 0.05) is 42.6 Å². The van der Waals surface area contributed by atoms with Crippen molar-refractivity contribution in [2.45, 2.75) is 32.1 Å². The fourth-order valence-electron chi connectivity index (χ4n) is 4.66. The van der Waals surface area contributed by atoms with E-state index in [9.17, 15) is 4.79 Å². The van der Waals surface area contributed by atoms with E-state index < -0.39 is 0 Å². The van der Waals surface area contributed by atoms with E-state index in [-0.39, 0.29) is 11.3 Å². The van der Waals surface area contributed by atoms with Gasteiger partial charge >= 0.3 is 0 Å². The number of hydrogen-bond donors (Lipinski definition) is 3. The van der Waals surface area contributed by atoms with Crippen LogP contribution in [0.3, 0.4) is 0 Å². The lowest BCUT2D eigenvalue weighted by atomic mass is 9.80. The third-order valence-electron chi connectivity index (χ3n) is 6.81. The molecule has 9 nitrogen and oxygen atoms in total. The molecule has 37 heavy (non-hydrogen) atoms. The summed E-state index contributed by atoms with van der Waals surface area (Å²) in [6, 6.07) is 11.9. The van der Waals surface area contributed by atoms with E-state index in [1.807, 2.05) is 36.4 Å². The summed E-state index contributed by atoms with van der Waals surface area (Å²) >= 11 is 6.43. The number of hydrogen-bond acceptors (Lipinski definition) is 8. The first-order valence-corrected chi connectivity index (χ1v) is 12.7. The van der Waals surface area contributed by atoms with Crippen molar-refractivity contribution in [3.8, 4) is 5.75 Å². The smallest absolute Gasteiger partial charge is 0.229 e. The molecule has 0 radical (unpaired) electrons. The molecule has 0 bridgehead atoms. The molecule has 3 heterocycles. The largest absolute Gasteiger partial charge is 0.494 e. The molecule has 1 aromatic heterocycles. The molecule has 0 unspecified atom stereocenters. The second-order valence-corrected chi connectivity index (χ2v) is 10.2. The quantitative estimate of drug-likeness (QED) is 0.391. The van der Waals surface area contributed by atoms with Crippen molar-refractivity contribution >= 4 is 52.0 Å². The number of nitrogens with one attached hydrogen (secondary N) is 3. The molecule has 1 fully saturated rings. The summed E-state index contributed by atoms with van der Waals surface area (Å²) < 4.78 is 11.1. The molecule has 0 spiro atoms. The maximum atomic E-state index is 12.2. The Labute approximate surface area is 221 Å². The Balaban J connectivity index is 1.37. The van der Waals surface area contributed by atoms with Crippen molar-refractivity contribution < 1.29 is 14.3 Å². The van der Waals surface area contributed by atoms with Crippen LogP contribution in [-0.2, 0) is 14.9 Å². The second-order valence-electron chi connectivity index (χ2n) is 9.82. The number of ether oxygens (including phenoxy) is 2. The molecule has 1 amide bonds. The van der Waals surface area contributed by atoms with E-state index in [0.717, 1.165) is 47.8 Å². The number of aromatic nitrogens is 2. The van der Waals surface area contributed by atoms with E-state index in [4.69, 9.17) is 21.1 Å². The highest BCUT2D eigenvalue weighted by molar-refractivity contribution is 6.33. The number of morpholine rings is 1. The summed E-state index contributed by atoms with van der Waals surface area (Å²) in [6.07, 6.45) is 2.84. The lowest BCUT2D eigenvalue weighted by Gasteiger charge is -2.29. The molecule has 2 aromatic carbocycles. The van der Waals surface area contributed by atoms with E-state index in [2.05, 4.69) is 44.7 Å². The van der Waals surface area contributed by atoms with Crippen molar-refractivity contribution in [3.63, 3.8) is 0 Å². The second kappa shape index (κ2) is 10.4. The summed E-state index contributed by atoms with van der Waals surface area (Å²) in [5.41, 5.74) is 4.38. The minimum atomic E-state index is -0.0999. The predicted molar refractivity (Wildman–Crippen MR) is 147 cm³/mol. The van der Waals surface area contributed by atoms with Gasteiger partial charge in [0.25, 0.3) is 0 Å². The maximum Gasteiger partial charge on any atom is 0.229 e. The van der Waals surface area contributed by atoms with Crippen LogP contribution in [0.5, 0.6) is 5.75 Å². The fourth-order valence-corrected chi connectivity index (χ4v) is 4.80. The third-order valence-corrected chi connectivity index (χ3v) is 7.09. The normalized spacial score (nSPS) is 16.9. The van der Waals surface area contributed by atoms with Gasteiger partial charge in [-0.2, -0.15) is 4.98 Å². The Kier molecular flexibility index (Phi) is 7.08. The lowest BCUT2D eigenvalue weighted by molar-refractivity contribution is -0.116. The molecule has 194 valence electrons. The van der Waals surface area contributed by atoms with Gasteiger partial charge < -0.3 is 30.3 Å². The summed E-state index contributed by atoms with van der Waals surface area (Å²) in [5, 5.41) is 9.90. The van der Waals surface area contributed by atoms with Crippen LogP contribution < -0.4 is 25.6 Å². The third kappa shape index (κ3) is 5.57. The lowest BCUT2D eigenvalue weighted by Crippen LogP contribution is -2.36. The first kappa shape index (κ1) is 25.1. The minimum Gasteiger partial charge on any atom is -0.494 e. The topological polar surface area (TPSA) is 101 Å². The first-order chi connectivity index (χ1) is 17.8. The number of halogens is 1. The standard InChI is InChI=1S/C27H31ClN6O3/c1-27(2)9-8-24(35)31-22-14-17(4-6-19(22)27)30-26-29-16-20(28)25(33-26)32-21-7-5-18(15-23(21)36-3)34-10-12-37-13-11-34/h4-7,14-16H,8-13H2,1-3H3,(H,31,35)(H2,29,30,32,33). The van der Waals surface area contributed by atoms with E-state index >= 15 is 0 Å². The van der Waals surface area contributed by atoms with E-state index in [0.29, 0.717) is 42.2 Å². The Morgan fingerprint density at radius 2 is 1.95 bits per heavy atom. The zero-order valence-corrected chi connectivity index (χ0v) is 22.0. The number of rotatable bonds is 6. The van der Waals surface area contributed by atoms with Gasteiger partial charge in [-0.05, 0) is 41.7 Å². The molecule has 5 rings (SSSR count). The molecule has 3 aromatic rings. The van der Waals surface area contributed by atoms with Gasteiger partial charge in [0.15, 0.2) is 5.82 Å². The molecule has 0 aliphatic carbocycles. The number of methoxy groups -OCH3 is 1. The molecular weight excluding hydrogens is 492 g/mol. The van der Waals surface area contributed by atoms with Gasteiger partial charge in [0.1, 0.15) is 10.8 Å². The van der Waals surface area contributed by atoms with E-state index in [1.54, 1.807) is 13.3 Å². The summed E-state index contributed by atoms with van der Waals surface area (Å²) in [5.74, 6) is 1.51. The summed E-state index contributed by atoms with van der Waals surface area (Å²) in [4.78, 5) is 23.4. The van der Waals surface area contributed by atoms with Crippen LogP contribution >= 0.6 is 11.6 Å². The van der Waals surface area contributed by atoms with Crippen LogP contribution in [0.1, 0.15) is 32.3 Å². The molecule has 1 saturated heterocycles. The number of carbonyl (C=O) groups is 1. The van der Waals surface area contributed by atoms with Crippen LogP contribution in [-0.4, -0.2) is 49.3 Å². The fraction of sp³-hybridized carbons (Fsp3) is 0.370. The van der Waals surface area contributed by atoms with Gasteiger partial charge in [-0.15, -0.1) is 0 Å². The molecule has 2 aliphatic rings. The molecule has 2 aliphatic heterocycles. The predicted octanol–water partition coefficient (Wildman–Crippen LogP) is 5.47. The highest BCUT2D eigenvalue weighted by atomic mass is 35.5. The molecule has 3 N–H and O–H groups in total. The number of nitrogens with zero attached hydrogens (tertiary/aromatic N) is 3. The van der Waals surface area contributed by atoms with Crippen molar-refractivity contribution in [1.82, 2.24) is 9.97 Å².